The van der Waals surface area contributed by atoms with Gasteiger partial charge in [0.2, 0.25) is 0 Å². The second kappa shape index (κ2) is 9.76. The third-order valence-corrected chi connectivity index (χ3v) is 3.66. The number of phenolic OH excluding ortho intramolecular Hbond substituents is 1. The van der Waals surface area contributed by atoms with E-state index in [0.29, 0.717) is 18.1 Å². The molecule has 3 nitrogen and oxygen atoms in total. The lowest BCUT2D eigenvalue weighted by Gasteiger charge is -2.05. The molecule has 0 heterocycles. The van der Waals surface area contributed by atoms with E-state index in [2.05, 4.69) is 13.8 Å². The summed E-state index contributed by atoms with van der Waals surface area (Å²) in [6, 6.07) is 15.4. The quantitative estimate of drug-likeness (QED) is 0.825. The van der Waals surface area contributed by atoms with Crippen LogP contribution in [0.4, 0.5) is 0 Å². The predicted octanol–water partition coefficient (Wildman–Crippen LogP) is 4.85. The average molecular weight is 328 g/mol. The van der Waals surface area contributed by atoms with Crippen LogP contribution >= 0.6 is 0 Å². The van der Waals surface area contributed by atoms with Gasteiger partial charge in [0.15, 0.2) is 0 Å². The van der Waals surface area contributed by atoms with E-state index in [1.807, 2.05) is 43.3 Å². The van der Waals surface area contributed by atoms with Crippen LogP contribution in [0.15, 0.2) is 48.5 Å². The summed E-state index contributed by atoms with van der Waals surface area (Å²) in [6.45, 7) is 8.12. The molecule has 2 aromatic carbocycles. The lowest BCUT2D eigenvalue weighted by atomic mass is 10.0. The summed E-state index contributed by atoms with van der Waals surface area (Å²) in [5.41, 5.74) is 3.57. The van der Waals surface area contributed by atoms with Gasteiger partial charge in [0.05, 0.1) is 5.92 Å². The van der Waals surface area contributed by atoms with Gasteiger partial charge in [-0.1, -0.05) is 62.7 Å². The first kappa shape index (κ1) is 19.8. The number of benzene rings is 2. The SMILES string of the molecule is CC(C)Cc1ccc(O)cc1.Cc1ccc(CC(C)C(=O)O)cc1. The zero-order valence-corrected chi connectivity index (χ0v) is 15.0. The summed E-state index contributed by atoms with van der Waals surface area (Å²) >= 11 is 0. The van der Waals surface area contributed by atoms with Gasteiger partial charge in [0.25, 0.3) is 0 Å². The zero-order valence-electron chi connectivity index (χ0n) is 15.0. The molecule has 1 unspecified atom stereocenters. The maximum atomic E-state index is 10.6. The Bertz CT molecular complexity index is 613. The number of hydrogen-bond acceptors (Lipinski definition) is 2. The van der Waals surface area contributed by atoms with Crippen molar-refractivity contribution >= 4 is 5.97 Å². The normalized spacial score (nSPS) is 11.5. The Labute approximate surface area is 145 Å². The van der Waals surface area contributed by atoms with Crippen LogP contribution in [0.2, 0.25) is 0 Å². The molecular formula is C21H28O3. The molecule has 0 aromatic heterocycles. The van der Waals surface area contributed by atoms with Crippen molar-refractivity contribution in [1.29, 1.82) is 0 Å². The highest BCUT2D eigenvalue weighted by Crippen LogP contribution is 2.13. The van der Waals surface area contributed by atoms with E-state index >= 15 is 0 Å². The van der Waals surface area contributed by atoms with Gasteiger partial charge in [-0.25, -0.2) is 0 Å². The molecule has 0 aliphatic rings. The molecule has 2 N–H and O–H groups in total. The van der Waals surface area contributed by atoms with E-state index in [1.165, 1.54) is 11.1 Å². The van der Waals surface area contributed by atoms with Crippen molar-refractivity contribution in [1.82, 2.24) is 0 Å². The van der Waals surface area contributed by atoms with Crippen LogP contribution in [0.1, 0.15) is 37.5 Å². The Hall–Kier alpha value is -2.29. The van der Waals surface area contributed by atoms with Crippen molar-refractivity contribution in [2.75, 3.05) is 0 Å². The smallest absolute Gasteiger partial charge is 0.306 e. The summed E-state index contributed by atoms with van der Waals surface area (Å²) in [4.78, 5) is 10.6. The summed E-state index contributed by atoms with van der Waals surface area (Å²) in [6.07, 6.45) is 1.69. The van der Waals surface area contributed by atoms with E-state index in [9.17, 15) is 4.79 Å². The van der Waals surface area contributed by atoms with Gasteiger partial charge in [0, 0.05) is 0 Å². The van der Waals surface area contributed by atoms with Crippen LogP contribution in [-0.2, 0) is 17.6 Å². The van der Waals surface area contributed by atoms with Crippen LogP contribution in [0.25, 0.3) is 0 Å². The van der Waals surface area contributed by atoms with E-state index in [0.717, 1.165) is 12.0 Å². The van der Waals surface area contributed by atoms with Crippen LogP contribution in [0.5, 0.6) is 5.75 Å². The van der Waals surface area contributed by atoms with Crippen LogP contribution in [-0.4, -0.2) is 16.2 Å². The number of carboxylic acids is 1. The molecule has 1 atom stereocenters. The topological polar surface area (TPSA) is 57.5 Å². The number of phenols is 1. The number of carbonyl (C=O) groups is 1. The van der Waals surface area contributed by atoms with Gasteiger partial charge >= 0.3 is 5.97 Å². The summed E-state index contributed by atoms with van der Waals surface area (Å²) in [7, 11) is 0. The molecule has 24 heavy (non-hydrogen) atoms. The molecule has 3 heteroatoms. The monoisotopic (exact) mass is 328 g/mol. The Morgan fingerprint density at radius 1 is 0.875 bits per heavy atom. The molecule has 0 spiro atoms. The van der Waals surface area contributed by atoms with Gasteiger partial charge in [-0.05, 0) is 48.9 Å². The van der Waals surface area contributed by atoms with Crippen molar-refractivity contribution in [2.24, 2.45) is 11.8 Å². The molecule has 0 aliphatic carbocycles. The van der Waals surface area contributed by atoms with E-state index in [1.54, 1.807) is 19.1 Å². The first-order valence-electron chi connectivity index (χ1n) is 8.34. The Kier molecular flexibility index (Phi) is 8.03. The van der Waals surface area contributed by atoms with E-state index in [-0.39, 0.29) is 5.92 Å². The van der Waals surface area contributed by atoms with E-state index in [4.69, 9.17) is 10.2 Å². The molecular weight excluding hydrogens is 300 g/mol. The number of hydrogen-bond donors (Lipinski definition) is 2. The predicted molar refractivity (Wildman–Crippen MR) is 98.3 cm³/mol. The summed E-state index contributed by atoms with van der Waals surface area (Å²) < 4.78 is 0. The van der Waals surface area contributed by atoms with Crippen molar-refractivity contribution in [3.63, 3.8) is 0 Å². The largest absolute Gasteiger partial charge is 0.508 e. The van der Waals surface area contributed by atoms with Crippen molar-refractivity contribution in [2.45, 2.75) is 40.5 Å². The number of aryl methyl sites for hydroxylation is 1. The third kappa shape index (κ3) is 7.82. The molecule has 0 bridgehead atoms. The highest BCUT2D eigenvalue weighted by molar-refractivity contribution is 5.69. The summed E-state index contributed by atoms with van der Waals surface area (Å²) in [5.74, 6) is -0.0136. The number of rotatable bonds is 5. The minimum Gasteiger partial charge on any atom is -0.508 e. The van der Waals surface area contributed by atoms with Crippen molar-refractivity contribution < 1.29 is 15.0 Å². The number of aliphatic carboxylic acids is 1. The Balaban J connectivity index is 0.000000243. The fourth-order valence-electron chi connectivity index (χ4n) is 2.27. The van der Waals surface area contributed by atoms with Crippen LogP contribution in [0, 0.1) is 18.8 Å². The minimum absolute atomic E-state index is 0.303. The van der Waals surface area contributed by atoms with Crippen LogP contribution < -0.4 is 0 Å². The second-order valence-corrected chi connectivity index (χ2v) is 6.69. The van der Waals surface area contributed by atoms with Crippen molar-refractivity contribution in [3.05, 3.63) is 65.2 Å². The van der Waals surface area contributed by atoms with Gasteiger partial charge in [-0.15, -0.1) is 0 Å². The number of carboxylic acid groups (broad SMARTS) is 1. The minimum atomic E-state index is -0.736. The molecule has 2 rings (SSSR count). The Morgan fingerprint density at radius 2 is 1.33 bits per heavy atom. The van der Waals surface area contributed by atoms with E-state index < -0.39 is 5.97 Å². The second-order valence-electron chi connectivity index (χ2n) is 6.69. The maximum Gasteiger partial charge on any atom is 0.306 e. The Morgan fingerprint density at radius 3 is 1.79 bits per heavy atom. The zero-order chi connectivity index (χ0) is 18.1. The molecule has 0 fully saturated rings. The van der Waals surface area contributed by atoms with Gasteiger partial charge < -0.3 is 10.2 Å². The fraction of sp³-hybridized carbons (Fsp3) is 0.381. The average Bonchev–Trinajstić information content (AvgIpc) is 2.52. The standard InChI is InChI=1S/C11H14O2.C10H14O/c1-8-3-5-10(6-4-8)7-9(2)11(12)13;1-8(2)7-9-3-5-10(11)6-4-9/h3-6,9H,7H2,1-2H3,(H,12,13);3-6,8,11H,7H2,1-2H3. The molecule has 2 aromatic rings. The molecule has 0 saturated carbocycles. The van der Waals surface area contributed by atoms with Gasteiger partial charge in [0.1, 0.15) is 5.75 Å². The lowest BCUT2D eigenvalue weighted by molar-refractivity contribution is -0.141. The van der Waals surface area contributed by atoms with Gasteiger partial charge in [-0.2, -0.15) is 0 Å². The number of aromatic hydroxyl groups is 1. The molecule has 0 radical (unpaired) electrons. The molecule has 130 valence electrons. The third-order valence-electron chi connectivity index (χ3n) is 3.66. The van der Waals surface area contributed by atoms with Crippen LogP contribution in [0.3, 0.4) is 0 Å². The first-order chi connectivity index (χ1) is 11.3. The first-order valence-corrected chi connectivity index (χ1v) is 8.34. The molecule has 0 saturated heterocycles. The highest BCUT2D eigenvalue weighted by atomic mass is 16.4. The summed E-state index contributed by atoms with van der Waals surface area (Å²) in [5, 5.41) is 17.7. The maximum absolute atomic E-state index is 10.6. The highest BCUT2D eigenvalue weighted by Gasteiger charge is 2.10. The van der Waals surface area contributed by atoms with Crippen molar-refractivity contribution in [3.8, 4) is 5.75 Å². The lowest BCUT2D eigenvalue weighted by Crippen LogP contribution is -2.12. The fourth-order valence-corrected chi connectivity index (χ4v) is 2.27. The van der Waals surface area contributed by atoms with Gasteiger partial charge in [-0.3, -0.25) is 4.79 Å². The molecule has 0 aliphatic heterocycles. The molecule has 0 amide bonds.